The molecule has 0 atom stereocenters. The van der Waals surface area contributed by atoms with Crippen LogP contribution in [0.25, 0.3) is 0 Å². The molecule has 2 nitrogen and oxygen atoms in total. The molecule has 3 rings (SSSR count). The number of hydrogen-bond acceptors (Lipinski definition) is 2. The van der Waals surface area contributed by atoms with Gasteiger partial charge in [-0.1, -0.05) is 42.0 Å². The van der Waals surface area contributed by atoms with Gasteiger partial charge in [-0.15, -0.1) is 0 Å². The molecule has 2 heteroatoms. The van der Waals surface area contributed by atoms with Crippen molar-refractivity contribution in [2.45, 2.75) is 26.4 Å². The molecule has 2 N–H and O–H groups in total. The Balaban J connectivity index is 1.76. The fourth-order valence-corrected chi connectivity index (χ4v) is 2.90. The van der Waals surface area contributed by atoms with Crippen molar-refractivity contribution in [2.75, 3.05) is 12.3 Å². The molecule has 1 aliphatic heterocycles. The SMILES string of the molecule is Cc1cccc(CN2CCc3c(N)cccc3C2)c1. The number of benzene rings is 2. The number of aryl methyl sites for hydroxylation is 1. The quantitative estimate of drug-likeness (QED) is 0.832. The highest BCUT2D eigenvalue weighted by Crippen LogP contribution is 2.25. The summed E-state index contributed by atoms with van der Waals surface area (Å²) in [5.41, 5.74) is 12.5. The molecule has 0 aliphatic carbocycles. The van der Waals surface area contributed by atoms with Crippen molar-refractivity contribution in [3.63, 3.8) is 0 Å². The first-order valence-corrected chi connectivity index (χ1v) is 6.86. The van der Waals surface area contributed by atoms with Crippen LogP contribution in [0.3, 0.4) is 0 Å². The number of rotatable bonds is 2. The van der Waals surface area contributed by atoms with Crippen LogP contribution in [-0.4, -0.2) is 11.4 Å². The van der Waals surface area contributed by atoms with Crippen molar-refractivity contribution in [3.8, 4) is 0 Å². The van der Waals surface area contributed by atoms with Crippen molar-refractivity contribution in [1.29, 1.82) is 0 Å². The molecule has 0 fully saturated rings. The summed E-state index contributed by atoms with van der Waals surface area (Å²) in [6, 6.07) is 15.0. The highest BCUT2D eigenvalue weighted by molar-refractivity contribution is 5.51. The highest BCUT2D eigenvalue weighted by atomic mass is 15.1. The monoisotopic (exact) mass is 252 g/mol. The van der Waals surface area contributed by atoms with Gasteiger partial charge in [0.1, 0.15) is 0 Å². The Bertz CT molecular complexity index is 590. The van der Waals surface area contributed by atoms with Gasteiger partial charge < -0.3 is 5.73 Å². The summed E-state index contributed by atoms with van der Waals surface area (Å²) in [7, 11) is 0. The average Bonchev–Trinajstić information content (AvgIpc) is 2.39. The van der Waals surface area contributed by atoms with Crippen LogP contribution in [0.1, 0.15) is 22.3 Å². The zero-order valence-corrected chi connectivity index (χ0v) is 11.4. The lowest BCUT2D eigenvalue weighted by Crippen LogP contribution is -2.30. The largest absolute Gasteiger partial charge is 0.398 e. The molecule has 0 aromatic heterocycles. The van der Waals surface area contributed by atoms with Gasteiger partial charge in [0.25, 0.3) is 0 Å². The van der Waals surface area contributed by atoms with Gasteiger partial charge in [0.2, 0.25) is 0 Å². The summed E-state index contributed by atoms with van der Waals surface area (Å²) >= 11 is 0. The molecule has 0 saturated heterocycles. The third-order valence-electron chi connectivity index (χ3n) is 3.87. The van der Waals surface area contributed by atoms with Gasteiger partial charge in [-0.3, -0.25) is 4.90 Å². The molecule has 0 bridgehead atoms. The first-order valence-electron chi connectivity index (χ1n) is 6.86. The Kier molecular flexibility index (Phi) is 3.26. The second kappa shape index (κ2) is 5.06. The Labute approximate surface area is 114 Å². The summed E-state index contributed by atoms with van der Waals surface area (Å²) in [5, 5.41) is 0. The summed E-state index contributed by atoms with van der Waals surface area (Å²) in [6.45, 7) is 5.27. The van der Waals surface area contributed by atoms with Crippen LogP contribution in [-0.2, 0) is 19.5 Å². The zero-order valence-electron chi connectivity index (χ0n) is 11.4. The predicted octanol–water partition coefficient (Wildman–Crippen LogP) is 3.14. The van der Waals surface area contributed by atoms with E-state index in [-0.39, 0.29) is 0 Å². The van der Waals surface area contributed by atoms with E-state index in [1.807, 2.05) is 6.07 Å². The maximum Gasteiger partial charge on any atom is 0.0350 e. The van der Waals surface area contributed by atoms with Crippen molar-refractivity contribution in [1.82, 2.24) is 4.90 Å². The van der Waals surface area contributed by atoms with E-state index >= 15 is 0 Å². The minimum atomic E-state index is 0.952. The van der Waals surface area contributed by atoms with Crippen molar-refractivity contribution in [2.24, 2.45) is 0 Å². The lowest BCUT2D eigenvalue weighted by molar-refractivity contribution is 0.246. The minimum absolute atomic E-state index is 0.952. The van der Waals surface area contributed by atoms with Crippen molar-refractivity contribution >= 4 is 5.69 Å². The van der Waals surface area contributed by atoms with Gasteiger partial charge in [0, 0.05) is 25.3 Å². The first-order chi connectivity index (χ1) is 9.22. The van der Waals surface area contributed by atoms with Crippen LogP contribution >= 0.6 is 0 Å². The Morgan fingerprint density at radius 1 is 1.16 bits per heavy atom. The van der Waals surface area contributed by atoms with Gasteiger partial charge in [0.15, 0.2) is 0 Å². The third-order valence-corrected chi connectivity index (χ3v) is 3.87. The number of anilines is 1. The van der Waals surface area contributed by atoms with Gasteiger partial charge in [-0.2, -0.15) is 0 Å². The molecular formula is C17H20N2. The van der Waals surface area contributed by atoms with Crippen LogP contribution in [0.4, 0.5) is 5.69 Å². The van der Waals surface area contributed by atoms with E-state index in [9.17, 15) is 0 Å². The fourth-order valence-electron chi connectivity index (χ4n) is 2.90. The van der Waals surface area contributed by atoms with Gasteiger partial charge >= 0.3 is 0 Å². The van der Waals surface area contributed by atoms with Crippen LogP contribution in [0.5, 0.6) is 0 Å². The number of nitrogen functional groups attached to an aromatic ring is 1. The molecule has 19 heavy (non-hydrogen) atoms. The lowest BCUT2D eigenvalue weighted by atomic mass is 9.97. The molecule has 0 amide bonds. The second-order valence-corrected chi connectivity index (χ2v) is 5.43. The normalized spacial score (nSPS) is 15.2. The zero-order chi connectivity index (χ0) is 13.2. The van der Waals surface area contributed by atoms with Gasteiger partial charge in [-0.25, -0.2) is 0 Å². The summed E-state index contributed by atoms with van der Waals surface area (Å²) in [4.78, 5) is 2.50. The van der Waals surface area contributed by atoms with E-state index in [0.717, 1.165) is 31.7 Å². The molecule has 98 valence electrons. The number of fused-ring (bicyclic) bond motifs is 1. The highest BCUT2D eigenvalue weighted by Gasteiger charge is 2.17. The first kappa shape index (κ1) is 12.2. The summed E-state index contributed by atoms with van der Waals surface area (Å²) < 4.78 is 0. The summed E-state index contributed by atoms with van der Waals surface area (Å²) in [5.74, 6) is 0. The maximum absolute atomic E-state index is 6.04. The molecule has 1 aliphatic rings. The molecule has 2 aromatic rings. The predicted molar refractivity (Wildman–Crippen MR) is 79.9 cm³/mol. The Morgan fingerprint density at radius 3 is 2.84 bits per heavy atom. The molecule has 1 heterocycles. The van der Waals surface area contributed by atoms with Crippen LogP contribution in [0.2, 0.25) is 0 Å². The number of nitrogens with zero attached hydrogens (tertiary/aromatic N) is 1. The second-order valence-electron chi connectivity index (χ2n) is 5.43. The van der Waals surface area contributed by atoms with Crippen molar-refractivity contribution < 1.29 is 0 Å². The molecular weight excluding hydrogens is 232 g/mol. The summed E-state index contributed by atoms with van der Waals surface area (Å²) in [6.07, 6.45) is 1.06. The topological polar surface area (TPSA) is 29.3 Å². The van der Waals surface area contributed by atoms with E-state index in [0.29, 0.717) is 0 Å². The maximum atomic E-state index is 6.04. The standard InChI is InChI=1S/C17H20N2/c1-13-4-2-5-14(10-13)11-19-9-8-16-15(12-19)6-3-7-17(16)18/h2-7,10H,8-9,11-12,18H2,1H3. The fraction of sp³-hybridized carbons (Fsp3) is 0.294. The van der Waals surface area contributed by atoms with E-state index < -0.39 is 0 Å². The molecule has 2 aromatic carbocycles. The minimum Gasteiger partial charge on any atom is -0.398 e. The number of hydrogen-bond donors (Lipinski definition) is 1. The average molecular weight is 252 g/mol. The van der Waals surface area contributed by atoms with E-state index in [4.69, 9.17) is 5.73 Å². The molecule has 0 spiro atoms. The molecule has 0 radical (unpaired) electrons. The van der Waals surface area contributed by atoms with Crippen LogP contribution in [0.15, 0.2) is 42.5 Å². The van der Waals surface area contributed by atoms with E-state index in [1.165, 1.54) is 22.3 Å². The van der Waals surface area contributed by atoms with Gasteiger partial charge in [0.05, 0.1) is 0 Å². The van der Waals surface area contributed by atoms with E-state index in [1.54, 1.807) is 0 Å². The molecule has 0 saturated carbocycles. The Morgan fingerprint density at radius 2 is 2.00 bits per heavy atom. The lowest BCUT2D eigenvalue weighted by Gasteiger charge is -2.29. The van der Waals surface area contributed by atoms with E-state index in [2.05, 4.69) is 48.2 Å². The van der Waals surface area contributed by atoms with Crippen LogP contribution in [0, 0.1) is 6.92 Å². The van der Waals surface area contributed by atoms with Crippen LogP contribution < -0.4 is 5.73 Å². The third kappa shape index (κ3) is 2.64. The van der Waals surface area contributed by atoms with Gasteiger partial charge in [-0.05, 0) is 36.1 Å². The molecule has 0 unspecified atom stereocenters. The Hall–Kier alpha value is -1.80. The van der Waals surface area contributed by atoms with Crippen molar-refractivity contribution in [3.05, 3.63) is 64.7 Å². The smallest absolute Gasteiger partial charge is 0.0350 e. The number of nitrogens with two attached hydrogens (primary N) is 1.